The zero-order chi connectivity index (χ0) is 21.6. The van der Waals surface area contributed by atoms with Gasteiger partial charge in [-0.15, -0.1) is 0 Å². The van der Waals surface area contributed by atoms with E-state index in [-0.39, 0.29) is 18.2 Å². The summed E-state index contributed by atoms with van der Waals surface area (Å²) in [5, 5.41) is 0. The molecule has 0 radical (unpaired) electrons. The Bertz CT molecular complexity index is 1380. The van der Waals surface area contributed by atoms with Crippen molar-refractivity contribution in [2.75, 3.05) is 0 Å². The maximum absolute atomic E-state index is 13.2. The predicted octanol–water partition coefficient (Wildman–Crippen LogP) is 3.65. The Kier molecular flexibility index (Phi) is 5.11. The van der Waals surface area contributed by atoms with Crippen molar-refractivity contribution in [1.29, 1.82) is 0 Å². The molecule has 0 bridgehead atoms. The highest BCUT2D eigenvalue weighted by molar-refractivity contribution is 9.10. The molecule has 0 unspecified atom stereocenters. The molecule has 4 aromatic rings. The van der Waals surface area contributed by atoms with Crippen molar-refractivity contribution in [3.05, 3.63) is 84.5 Å². The van der Waals surface area contributed by atoms with Crippen molar-refractivity contribution in [2.24, 2.45) is 14.1 Å². The highest BCUT2D eigenvalue weighted by Crippen LogP contribution is 2.28. The summed E-state index contributed by atoms with van der Waals surface area (Å²) in [5.41, 5.74) is 2.70. The second kappa shape index (κ2) is 7.60. The van der Waals surface area contributed by atoms with Gasteiger partial charge in [-0.05, 0) is 37.1 Å². The zero-order valence-corrected chi connectivity index (χ0v) is 18.7. The minimum atomic E-state index is -0.420. The summed E-state index contributed by atoms with van der Waals surface area (Å²) in [6.45, 7) is 4.10. The molecule has 0 saturated carbocycles. The largest absolute Gasteiger partial charge is 0.425 e. The van der Waals surface area contributed by atoms with Gasteiger partial charge in [0.25, 0.3) is 5.56 Å². The number of ether oxygens (including phenoxy) is 1. The van der Waals surface area contributed by atoms with Gasteiger partial charge in [-0.1, -0.05) is 51.8 Å². The van der Waals surface area contributed by atoms with Crippen LogP contribution in [0.2, 0.25) is 0 Å². The highest BCUT2D eigenvalue weighted by atomic mass is 79.9. The number of halogens is 1. The third-order valence-corrected chi connectivity index (χ3v) is 5.62. The molecule has 0 N–H and O–H groups in total. The molecule has 0 aliphatic heterocycles. The Morgan fingerprint density at radius 1 is 1.00 bits per heavy atom. The highest BCUT2D eigenvalue weighted by Gasteiger charge is 2.20. The van der Waals surface area contributed by atoms with Gasteiger partial charge >= 0.3 is 11.7 Å². The molecule has 0 spiro atoms. The normalized spacial score (nSPS) is 11.2. The zero-order valence-electron chi connectivity index (χ0n) is 17.1. The van der Waals surface area contributed by atoms with Gasteiger partial charge < -0.3 is 4.74 Å². The summed E-state index contributed by atoms with van der Waals surface area (Å²) in [7, 11) is 3.32. The number of nitrogens with zero attached hydrogens (tertiary/aromatic N) is 4. The number of aromatic nitrogens is 4. The average Bonchev–Trinajstić information content (AvgIpc) is 3.04. The summed E-state index contributed by atoms with van der Waals surface area (Å²) in [6, 6.07) is 13.7. The number of hydrogen-bond donors (Lipinski definition) is 0. The monoisotopic (exact) mass is 468 g/mol. The number of aryl methyl sites for hydroxylation is 4. The van der Waals surface area contributed by atoms with E-state index in [9.17, 15) is 9.59 Å². The van der Waals surface area contributed by atoms with Gasteiger partial charge in [-0.3, -0.25) is 18.5 Å². The standard InChI is InChI=1S/C22H21BrN4O3/c1-13-5-8-15(9-6-13)12-27-20(28)18-19(26(4)22(27)29)24-21(25(18)3)30-17-11-16(23)10-7-14(17)2/h5-11H,12H2,1-4H3. The van der Waals surface area contributed by atoms with Crippen molar-refractivity contribution in [3.8, 4) is 11.8 Å². The minimum absolute atomic E-state index is 0.188. The van der Waals surface area contributed by atoms with E-state index in [1.165, 1.54) is 9.13 Å². The first-order chi connectivity index (χ1) is 14.3. The molecule has 8 heteroatoms. The molecule has 0 atom stereocenters. The molecule has 4 rings (SSSR count). The maximum Gasteiger partial charge on any atom is 0.332 e. The van der Waals surface area contributed by atoms with E-state index >= 15 is 0 Å². The SMILES string of the molecule is Cc1ccc(Cn2c(=O)c3c(nc(Oc4cc(Br)ccc4C)n3C)n(C)c2=O)cc1. The fourth-order valence-electron chi connectivity index (χ4n) is 3.31. The van der Waals surface area contributed by atoms with Gasteiger partial charge in [0.15, 0.2) is 11.2 Å². The van der Waals surface area contributed by atoms with Crippen LogP contribution in [0, 0.1) is 13.8 Å². The Labute approximate surface area is 181 Å². The molecule has 0 saturated heterocycles. The number of imidazole rings is 1. The smallest absolute Gasteiger partial charge is 0.332 e. The maximum atomic E-state index is 13.2. The summed E-state index contributed by atoms with van der Waals surface area (Å²) >= 11 is 3.44. The van der Waals surface area contributed by atoms with Gasteiger partial charge in [0, 0.05) is 18.6 Å². The van der Waals surface area contributed by atoms with Crippen LogP contribution in [0.3, 0.4) is 0 Å². The van der Waals surface area contributed by atoms with E-state index in [1.807, 2.05) is 56.3 Å². The fourth-order valence-corrected chi connectivity index (χ4v) is 3.65. The first kappa shape index (κ1) is 20.2. The summed E-state index contributed by atoms with van der Waals surface area (Å²) in [6.07, 6.45) is 0. The van der Waals surface area contributed by atoms with Crippen LogP contribution in [0.1, 0.15) is 16.7 Å². The topological polar surface area (TPSA) is 71.1 Å². The molecule has 0 fully saturated rings. The lowest BCUT2D eigenvalue weighted by molar-refractivity contribution is 0.424. The predicted molar refractivity (Wildman–Crippen MR) is 119 cm³/mol. The summed E-state index contributed by atoms with van der Waals surface area (Å²) in [5.74, 6) is 0.618. The molecule has 2 heterocycles. The van der Waals surface area contributed by atoms with Crippen molar-refractivity contribution >= 4 is 27.1 Å². The molecule has 7 nitrogen and oxygen atoms in total. The number of rotatable bonds is 4. The molecule has 30 heavy (non-hydrogen) atoms. The van der Waals surface area contributed by atoms with Crippen LogP contribution < -0.4 is 16.0 Å². The third kappa shape index (κ3) is 3.47. The Morgan fingerprint density at radius 3 is 2.40 bits per heavy atom. The van der Waals surface area contributed by atoms with Crippen LogP contribution in [0.5, 0.6) is 11.8 Å². The third-order valence-electron chi connectivity index (χ3n) is 5.13. The van der Waals surface area contributed by atoms with Crippen LogP contribution in [0.4, 0.5) is 0 Å². The first-order valence-electron chi connectivity index (χ1n) is 9.42. The molecular weight excluding hydrogens is 448 g/mol. The Balaban J connectivity index is 1.85. The number of fused-ring (bicyclic) bond motifs is 1. The van der Waals surface area contributed by atoms with Crippen LogP contribution in [-0.4, -0.2) is 18.7 Å². The van der Waals surface area contributed by atoms with Crippen LogP contribution in [0.25, 0.3) is 11.2 Å². The lowest BCUT2D eigenvalue weighted by atomic mass is 10.1. The first-order valence-corrected chi connectivity index (χ1v) is 10.2. The van der Waals surface area contributed by atoms with Crippen molar-refractivity contribution in [3.63, 3.8) is 0 Å². The van der Waals surface area contributed by atoms with Crippen LogP contribution in [-0.2, 0) is 20.6 Å². The van der Waals surface area contributed by atoms with Gasteiger partial charge in [0.05, 0.1) is 6.54 Å². The van der Waals surface area contributed by atoms with E-state index in [0.717, 1.165) is 21.2 Å². The van der Waals surface area contributed by atoms with Crippen LogP contribution in [0.15, 0.2) is 56.5 Å². The van der Waals surface area contributed by atoms with E-state index in [2.05, 4.69) is 20.9 Å². The molecule has 0 aliphatic rings. The second-order valence-electron chi connectivity index (χ2n) is 7.36. The molecule has 0 aliphatic carbocycles. The van der Waals surface area contributed by atoms with E-state index in [1.54, 1.807) is 18.7 Å². The minimum Gasteiger partial charge on any atom is -0.425 e. The molecule has 0 amide bonds. The Morgan fingerprint density at radius 2 is 1.70 bits per heavy atom. The van der Waals surface area contributed by atoms with Gasteiger partial charge in [-0.25, -0.2) is 4.79 Å². The summed E-state index contributed by atoms with van der Waals surface area (Å²) < 4.78 is 11.0. The average molecular weight is 469 g/mol. The van der Waals surface area contributed by atoms with Gasteiger partial charge in [0.1, 0.15) is 5.75 Å². The number of hydrogen-bond acceptors (Lipinski definition) is 4. The summed E-state index contributed by atoms with van der Waals surface area (Å²) in [4.78, 5) is 30.5. The fraction of sp³-hybridized carbons (Fsp3) is 0.227. The molecule has 2 aromatic carbocycles. The van der Waals surface area contributed by atoms with Crippen molar-refractivity contribution < 1.29 is 4.74 Å². The Hall–Kier alpha value is -3.13. The lowest BCUT2D eigenvalue weighted by Crippen LogP contribution is -2.39. The van der Waals surface area contributed by atoms with E-state index < -0.39 is 11.2 Å². The van der Waals surface area contributed by atoms with Crippen LogP contribution >= 0.6 is 15.9 Å². The molecule has 2 aromatic heterocycles. The van der Waals surface area contributed by atoms with Crippen molar-refractivity contribution in [2.45, 2.75) is 20.4 Å². The van der Waals surface area contributed by atoms with E-state index in [0.29, 0.717) is 11.3 Å². The van der Waals surface area contributed by atoms with Crippen molar-refractivity contribution in [1.82, 2.24) is 18.7 Å². The quantitative estimate of drug-likeness (QED) is 0.458. The van der Waals surface area contributed by atoms with Gasteiger partial charge in [-0.2, -0.15) is 4.98 Å². The second-order valence-corrected chi connectivity index (χ2v) is 8.27. The molecule has 154 valence electrons. The van der Waals surface area contributed by atoms with E-state index in [4.69, 9.17) is 4.74 Å². The van der Waals surface area contributed by atoms with Gasteiger partial charge in [0.2, 0.25) is 0 Å². The lowest BCUT2D eigenvalue weighted by Gasteiger charge is -2.09. The molecular formula is C22H21BrN4O3. The number of benzene rings is 2.